The van der Waals surface area contributed by atoms with Crippen LogP contribution < -0.4 is 5.73 Å². The van der Waals surface area contributed by atoms with Gasteiger partial charge in [-0.15, -0.1) is 0 Å². The monoisotopic (exact) mass is 227 g/mol. The molecular formula is C14H17N3. The van der Waals surface area contributed by atoms with E-state index in [9.17, 15) is 0 Å². The van der Waals surface area contributed by atoms with E-state index in [2.05, 4.69) is 47.9 Å². The van der Waals surface area contributed by atoms with E-state index in [1.54, 1.807) is 0 Å². The number of rotatable bonds is 1. The van der Waals surface area contributed by atoms with E-state index < -0.39 is 0 Å². The predicted molar refractivity (Wildman–Crippen MR) is 68.3 cm³/mol. The van der Waals surface area contributed by atoms with Gasteiger partial charge in [-0.2, -0.15) is 5.10 Å². The van der Waals surface area contributed by atoms with Gasteiger partial charge in [-0.1, -0.05) is 17.7 Å². The van der Waals surface area contributed by atoms with Crippen LogP contribution >= 0.6 is 0 Å². The highest BCUT2D eigenvalue weighted by Gasteiger charge is 2.27. The quantitative estimate of drug-likeness (QED) is 0.813. The van der Waals surface area contributed by atoms with Gasteiger partial charge in [0, 0.05) is 17.3 Å². The Morgan fingerprint density at radius 1 is 1.24 bits per heavy atom. The van der Waals surface area contributed by atoms with E-state index in [0.29, 0.717) is 0 Å². The van der Waals surface area contributed by atoms with Crippen LogP contribution in [0.2, 0.25) is 0 Å². The third kappa shape index (κ3) is 1.58. The van der Waals surface area contributed by atoms with Crippen molar-refractivity contribution in [3.63, 3.8) is 0 Å². The molecule has 1 aliphatic rings. The number of nitrogens with zero attached hydrogens (tertiary/aromatic N) is 2. The summed E-state index contributed by atoms with van der Waals surface area (Å²) in [6.45, 7) is 4.15. The van der Waals surface area contributed by atoms with E-state index in [0.717, 1.165) is 24.2 Å². The molecule has 2 N–H and O–H groups in total. The minimum atomic E-state index is 0.171. The van der Waals surface area contributed by atoms with Crippen molar-refractivity contribution in [3.05, 3.63) is 46.8 Å². The average Bonchev–Trinajstić information content (AvgIpc) is 2.83. The summed E-state index contributed by atoms with van der Waals surface area (Å²) >= 11 is 0. The standard InChI is InChI=1S/C14H17N3/c1-9-3-5-11(6-4-9)17-13-8-7-12(15)14(13)10(2)16-17/h3-6,12H,7-8,15H2,1-2H3. The predicted octanol–water partition coefficient (Wildman–Crippen LogP) is 2.44. The van der Waals surface area contributed by atoms with Crippen LogP contribution in [-0.2, 0) is 6.42 Å². The Labute approximate surface area is 101 Å². The minimum Gasteiger partial charge on any atom is -0.324 e. The van der Waals surface area contributed by atoms with Crippen molar-refractivity contribution >= 4 is 0 Å². The van der Waals surface area contributed by atoms with Gasteiger partial charge in [-0.05, 0) is 38.8 Å². The lowest BCUT2D eigenvalue weighted by molar-refractivity contribution is 0.685. The second-order valence-corrected chi connectivity index (χ2v) is 4.84. The summed E-state index contributed by atoms with van der Waals surface area (Å²) in [4.78, 5) is 0. The summed E-state index contributed by atoms with van der Waals surface area (Å²) in [7, 11) is 0. The van der Waals surface area contributed by atoms with Crippen molar-refractivity contribution in [1.82, 2.24) is 9.78 Å². The molecule has 0 radical (unpaired) electrons. The molecule has 0 aliphatic heterocycles. The van der Waals surface area contributed by atoms with Crippen LogP contribution in [0.25, 0.3) is 5.69 Å². The van der Waals surface area contributed by atoms with Crippen LogP contribution in [0, 0.1) is 13.8 Å². The Morgan fingerprint density at radius 2 is 1.94 bits per heavy atom. The molecule has 3 heteroatoms. The smallest absolute Gasteiger partial charge is 0.0649 e. The zero-order chi connectivity index (χ0) is 12.0. The molecule has 0 saturated heterocycles. The lowest BCUT2D eigenvalue weighted by Gasteiger charge is -2.05. The molecule has 2 aromatic rings. The first-order valence-electron chi connectivity index (χ1n) is 6.08. The van der Waals surface area contributed by atoms with Crippen LogP contribution in [0.3, 0.4) is 0 Å². The molecule has 0 amide bonds. The summed E-state index contributed by atoms with van der Waals surface area (Å²) in [6, 6.07) is 8.64. The van der Waals surface area contributed by atoms with Crippen LogP contribution in [0.4, 0.5) is 0 Å². The van der Waals surface area contributed by atoms with Crippen molar-refractivity contribution in [2.24, 2.45) is 5.73 Å². The van der Waals surface area contributed by atoms with Crippen molar-refractivity contribution in [1.29, 1.82) is 0 Å². The topological polar surface area (TPSA) is 43.8 Å². The lowest BCUT2D eigenvalue weighted by Crippen LogP contribution is -2.06. The first-order chi connectivity index (χ1) is 8.16. The summed E-state index contributed by atoms with van der Waals surface area (Å²) in [5.74, 6) is 0. The molecular weight excluding hydrogens is 210 g/mol. The number of aryl methyl sites for hydroxylation is 2. The van der Waals surface area contributed by atoms with E-state index in [-0.39, 0.29) is 6.04 Å². The first kappa shape index (κ1) is 10.5. The third-order valence-corrected chi connectivity index (χ3v) is 3.55. The summed E-state index contributed by atoms with van der Waals surface area (Å²) < 4.78 is 2.05. The summed E-state index contributed by atoms with van der Waals surface area (Å²) in [5.41, 5.74) is 12.1. The maximum Gasteiger partial charge on any atom is 0.0649 e. The van der Waals surface area contributed by atoms with Gasteiger partial charge in [0.2, 0.25) is 0 Å². The van der Waals surface area contributed by atoms with Gasteiger partial charge < -0.3 is 5.73 Å². The van der Waals surface area contributed by atoms with Crippen molar-refractivity contribution in [3.8, 4) is 5.69 Å². The molecule has 3 rings (SSSR count). The Bertz CT molecular complexity index is 552. The van der Waals surface area contributed by atoms with Gasteiger partial charge in [0.15, 0.2) is 0 Å². The molecule has 0 spiro atoms. The van der Waals surface area contributed by atoms with Crippen LogP contribution in [-0.4, -0.2) is 9.78 Å². The molecule has 1 unspecified atom stereocenters. The van der Waals surface area contributed by atoms with E-state index in [1.165, 1.54) is 16.8 Å². The fourth-order valence-corrected chi connectivity index (χ4v) is 2.65. The SMILES string of the molecule is Cc1ccc(-n2nc(C)c3c2CCC3N)cc1. The Kier molecular flexibility index (Phi) is 2.30. The van der Waals surface area contributed by atoms with Gasteiger partial charge in [0.1, 0.15) is 0 Å². The van der Waals surface area contributed by atoms with E-state index >= 15 is 0 Å². The maximum absolute atomic E-state index is 6.11. The Balaban J connectivity index is 2.13. The first-order valence-corrected chi connectivity index (χ1v) is 6.08. The molecule has 0 bridgehead atoms. The molecule has 1 heterocycles. The molecule has 1 aliphatic carbocycles. The van der Waals surface area contributed by atoms with Crippen molar-refractivity contribution < 1.29 is 0 Å². The molecule has 0 fully saturated rings. The zero-order valence-corrected chi connectivity index (χ0v) is 10.3. The van der Waals surface area contributed by atoms with Crippen molar-refractivity contribution in [2.75, 3.05) is 0 Å². The van der Waals surface area contributed by atoms with Gasteiger partial charge >= 0.3 is 0 Å². The van der Waals surface area contributed by atoms with Gasteiger partial charge in [-0.25, -0.2) is 4.68 Å². The zero-order valence-electron chi connectivity index (χ0n) is 10.3. The summed E-state index contributed by atoms with van der Waals surface area (Å²) in [6.07, 6.45) is 2.07. The second-order valence-electron chi connectivity index (χ2n) is 4.84. The van der Waals surface area contributed by atoms with E-state index in [4.69, 9.17) is 5.73 Å². The van der Waals surface area contributed by atoms with E-state index in [1.807, 2.05) is 0 Å². The lowest BCUT2D eigenvalue weighted by atomic mass is 10.1. The fourth-order valence-electron chi connectivity index (χ4n) is 2.65. The highest BCUT2D eigenvalue weighted by molar-refractivity contribution is 5.42. The fraction of sp³-hybridized carbons (Fsp3) is 0.357. The molecule has 17 heavy (non-hydrogen) atoms. The summed E-state index contributed by atoms with van der Waals surface area (Å²) in [5, 5.41) is 4.62. The number of hydrogen-bond donors (Lipinski definition) is 1. The molecule has 0 saturated carbocycles. The largest absolute Gasteiger partial charge is 0.324 e. The number of aromatic nitrogens is 2. The van der Waals surface area contributed by atoms with Gasteiger partial charge in [0.05, 0.1) is 11.4 Å². The highest BCUT2D eigenvalue weighted by atomic mass is 15.3. The molecule has 1 atom stereocenters. The van der Waals surface area contributed by atoms with Crippen LogP contribution in [0.5, 0.6) is 0 Å². The normalized spacial score (nSPS) is 18.4. The third-order valence-electron chi connectivity index (χ3n) is 3.55. The Morgan fingerprint density at radius 3 is 2.65 bits per heavy atom. The number of benzene rings is 1. The van der Waals surface area contributed by atoms with Crippen LogP contribution in [0.15, 0.2) is 24.3 Å². The van der Waals surface area contributed by atoms with Gasteiger partial charge in [-0.3, -0.25) is 0 Å². The highest BCUT2D eigenvalue weighted by Crippen LogP contribution is 2.33. The number of nitrogens with two attached hydrogens (primary N) is 1. The number of fused-ring (bicyclic) bond motifs is 1. The average molecular weight is 227 g/mol. The molecule has 1 aromatic heterocycles. The van der Waals surface area contributed by atoms with Gasteiger partial charge in [0.25, 0.3) is 0 Å². The van der Waals surface area contributed by atoms with Crippen LogP contribution in [0.1, 0.15) is 35.0 Å². The van der Waals surface area contributed by atoms with Crippen molar-refractivity contribution in [2.45, 2.75) is 32.7 Å². The maximum atomic E-state index is 6.11. The number of hydrogen-bond acceptors (Lipinski definition) is 2. The molecule has 88 valence electrons. The molecule has 1 aromatic carbocycles. The Hall–Kier alpha value is -1.61. The molecule has 3 nitrogen and oxygen atoms in total. The minimum absolute atomic E-state index is 0.171. The second kappa shape index (κ2) is 3.70.